The molecule has 0 bridgehead atoms. The van der Waals surface area contributed by atoms with Crippen LogP contribution < -0.4 is 5.32 Å². The highest BCUT2D eigenvalue weighted by Gasteiger charge is 2.28. The van der Waals surface area contributed by atoms with Gasteiger partial charge in [0.2, 0.25) is 0 Å². The number of carbonyl (C=O) groups is 3. The molecule has 1 amide bonds. The Hall–Kier alpha value is -4.04. The second-order valence-corrected chi connectivity index (χ2v) is 8.56. The maximum absolute atomic E-state index is 13.7. The molecule has 0 aliphatic carbocycles. The van der Waals surface area contributed by atoms with Crippen LogP contribution in [-0.2, 0) is 9.47 Å². The van der Waals surface area contributed by atoms with Crippen molar-refractivity contribution in [1.82, 2.24) is 4.98 Å². The van der Waals surface area contributed by atoms with Crippen molar-refractivity contribution < 1.29 is 23.9 Å². The summed E-state index contributed by atoms with van der Waals surface area (Å²) in [6.45, 7) is 3.46. The van der Waals surface area contributed by atoms with Gasteiger partial charge in [-0.1, -0.05) is 48.5 Å². The van der Waals surface area contributed by atoms with Crippen LogP contribution in [0.25, 0.3) is 22.2 Å². The molecule has 0 spiro atoms. The third-order valence-electron chi connectivity index (χ3n) is 5.54. The molecule has 0 aliphatic rings. The first kappa shape index (κ1) is 23.1. The Morgan fingerprint density at radius 2 is 1.47 bits per heavy atom. The smallest absolute Gasteiger partial charge is 0.348 e. The van der Waals surface area contributed by atoms with Crippen LogP contribution in [0.4, 0.5) is 5.00 Å². The molecule has 0 saturated heterocycles. The largest absolute Gasteiger partial charge is 0.465 e. The SMILES string of the molecule is COC(=O)c1sc(NC(=O)c2c(C)c(-c3ccccc3)nc3ccccc23)c(C(=O)OC)c1C. The number of amides is 1. The molecular formula is C26H22N2O5S. The third-order valence-corrected chi connectivity index (χ3v) is 6.73. The minimum Gasteiger partial charge on any atom is -0.465 e. The van der Waals surface area contributed by atoms with Crippen molar-refractivity contribution in [1.29, 1.82) is 0 Å². The summed E-state index contributed by atoms with van der Waals surface area (Å²) < 4.78 is 9.73. The Balaban J connectivity index is 1.87. The number of aromatic nitrogens is 1. The second-order valence-electron chi connectivity index (χ2n) is 7.54. The topological polar surface area (TPSA) is 94.6 Å². The molecular weight excluding hydrogens is 452 g/mol. The van der Waals surface area contributed by atoms with Gasteiger partial charge < -0.3 is 14.8 Å². The molecule has 2 heterocycles. The fourth-order valence-electron chi connectivity index (χ4n) is 3.88. The predicted octanol–water partition coefficient (Wildman–Crippen LogP) is 5.41. The quantitative estimate of drug-likeness (QED) is 0.389. The lowest BCUT2D eigenvalue weighted by molar-refractivity contribution is 0.0601. The van der Waals surface area contributed by atoms with Gasteiger partial charge in [0.05, 0.1) is 36.6 Å². The number of esters is 2. The van der Waals surface area contributed by atoms with Crippen molar-refractivity contribution in [3.05, 3.63) is 81.7 Å². The summed E-state index contributed by atoms with van der Waals surface area (Å²) in [4.78, 5) is 43.4. The van der Waals surface area contributed by atoms with Crippen LogP contribution in [0.5, 0.6) is 0 Å². The zero-order valence-electron chi connectivity index (χ0n) is 19.1. The van der Waals surface area contributed by atoms with Crippen molar-refractivity contribution >= 4 is 45.1 Å². The van der Waals surface area contributed by atoms with Gasteiger partial charge in [0, 0.05) is 10.9 Å². The molecule has 4 aromatic rings. The van der Waals surface area contributed by atoms with Gasteiger partial charge >= 0.3 is 11.9 Å². The minimum absolute atomic E-state index is 0.126. The van der Waals surface area contributed by atoms with E-state index >= 15 is 0 Å². The number of hydrogen-bond donors (Lipinski definition) is 1. The van der Waals surface area contributed by atoms with E-state index < -0.39 is 17.8 Å². The number of fused-ring (bicyclic) bond motifs is 1. The van der Waals surface area contributed by atoms with Crippen LogP contribution in [0.15, 0.2) is 54.6 Å². The number of para-hydroxylation sites is 1. The number of pyridine rings is 1. The highest BCUT2D eigenvalue weighted by molar-refractivity contribution is 7.18. The van der Waals surface area contributed by atoms with Crippen LogP contribution >= 0.6 is 11.3 Å². The molecule has 0 unspecified atom stereocenters. The van der Waals surface area contributed by atoms with Crippen LogP contribution in [0.3, 0.4) is 0 Å². The molecule has 0 radical (unpaired) electrons. The summed E-state index contributed by atoms with van der Waals surface area (Å²) in [6, 6.07) is 17.0. The molecule has 7 nitrogen and oxygen atoms in total. The van der Waals surface area contributed by atoms with E-state index in [0.717, 1.165) is 16.9 Å². The molecule has 4 rings (SSSR count). The lowest BCUT2D eigenvalue weighted by Gasteiger charge is -2.15. The number of nitrogens with zero attached hydrogens (tertiary/aromatic N) is 1. The summed E-state index contributed by atoms with van der Waals surface area (Å²) in [5, 5.41) is 3.73. The number of rotatable bonds is 5. The van der Waals surface area contributed by atoms with E-state index in [9.17, 15) is 14.4 Å². The zero-order chi connectivity index (χ0) is 24.4. The predicted molar refractivity (Wildman–Crippen MR) is 132 cm³/mol. The molecule has 0 aliphatic heterocycles. The number of nitrogens with one attached hydrogen (secondary N) is 1. The lowest BCUT2D eigenvalue weighted by atomic mass is 9.97. The van der Waals surface area contributed by atoms with E-state index in [1.54, 1.807) is 6.92 Å². The molecule has 2 aromatic carbocycles. The Labute approximate surface area is 200 Å². The normalized spacial score (nSPS) is 10.7. The van der Waals surface area contributed by atoms with E-state index in [2.05, 4.69) is 5.32 Å². The highest BCUT2D eigenvalue weighted by atomic mass is 32.1. The zero-order valence-corrected chi connectivity index (χ0v) is 19.9. The van der Waals surface area contributed by atoms with Gasteiger partial charge in [-0.3, -0.25) is 4.79 Å². The molecule has 2 aromatic heterocycles. The van der Waals surface area contributed by atoms with E-state index in [0.29, 0.717) is 33.3 Å². The highest BCUT2D eigenvalue weighted by Crippen LogP contribution is 2.36. The first-order valence-electron chi connectivity index (χ1n) is 10.4. The van der Waals surface area contributed by atoms with Gasteiger partial charge in [0.25, 0.3) is 5.91 Å². The molecule has 0 atom stereocenters. The van der Waals surface area contributed by atoms with Crippen molar-refractivity contribution in [2.24, 2.45) is 0 Å². The van der Waals surface area contributed by atoms with E-state index in [4.69, 9.17) is 14.5 Å². The molecule has 34 heavy (non-hydrogen) atoms. The third kappa shape index (κ3) is 4.04. The van der Waals surface area contributed by atoms with Crippen LogP contribution in [0, 0.1) is 13.8 Å². The number of anilines is 1. The maximum atomic E-state index is 13.7. The second kappa shape index (κ2) is 9.44. The fourth-order valence-corrected chi connectivity index (χ4v) is 4.99. The van der Waals surface area contributed by atoms with Crippen molar-refractivity contribution in [2.75, 3.05) is 19.5 Å². The summed E-state index contributed by atoms with van der Waals surface area (Å²) in [5.41, 5.74) is 3.89. The fraction of sp³-hybridized carbons (Fsp3) is 0.154. The van der Waals surface area contributed by atoms with Gasteiger partial charge in [-0.25, -0.2) is 14.6 Å². The number of methoxy groups -OCH3 is 2. The van der Waals surface area contributed by atoms with Gasteiger partial charge in [-0.2, -0.15) is 0 Å². The van der Waals surface area contributed by atoms with E-state index in [1.807, 2.05) is 61.5 Å². The number of thiophene rings is 1. The van der Waals surface area contributed by atoms with Crippen LogP contribution in [0.2, 0.25) is 0 Å². The Morgan fingerprint density at radius 3 is 2.15 bits per heavy atom. The number of hydrogen-bond acceptors (Lipinski definition) is 7. The summed E-state index contributed by atoms with van der Waals surface area (Å²) in [5.74, 6) is -1.67. The first-order chi connectivity index (χ1) is 16.4. The van der Waals surface area contributed by atoms with Crippen LogP contribution in [0.1, 0.15) is 41.5 Å². The van der Waals surface area contributed by atoms with Gasteiger partial charge in [-0.15, -0.1) is 11.3 Å². The molecule has 172 valence electrons. The van der Waals surface area contributed by atoms with Gasteiger partial charge in [0.1, 0.15) is 9.88 Å². The maximum Gasteiger partial charge on any atom is 0.348 e. The number of carbonyl (C=O) groups excluding carboxylic acids is 3. The Morgan fingerprint density at radius 1 is 0.824 bits per heavy atom. The Kier molecular flexibility index (Phi) is 6.43. The van der Waals surface area contributed by atoms with Crippen molar-refractivity contribution in [3.63, 3.8) is 0 Å². The summed E-state index contributed by atoms with van der Waals surface area (Å²) >= 11 is 0.974. The van der Waals surface area contributed by atoms with Gasteiger partial charge in [-0.05, 0) is 31.0 Å². The van der Waals surface area contributed by atoms with Crippen molar-refractivity contribution in [3.8, 4) is 11.3 Å². The molecule has 1 N–H and O–H groups in total. The average Bonchev–Trinajstić information content (AvgIpc) is 3.18. The van der Waals surface area contributed by atoms with Crippen LogP contribution in [-0.4, -0.2) is 37.0 Å². The molecule has 8 heteroatoms. The van der Waals surface area contributed by atoms with Gasteiger partial charge in [0.15, 0.2) is 0 Å². The summed E-state index contributed by atoms with van der Waals surface area (Å²) in [6.07, 6.45) is 0. The van der Waals surface area contributed by atoms with Crippen molar-refractivity contribution in [2.45, 2.75) is 13.8 Å². The minimum atomic E-state index is -0.652. The molecule has 0 saturated carbocycles. The van der Waals surface area contributed by atoms with E-state index in [-0.39, 0.29) is 15.4 Å². The summed E-state index contributed by atoms with van der Waals surface area (Å²) in [7, 11) is 2.50. The monoisotopic (exact) mass is 474 g/mol. The number of ether oxygens (including phenoxy) is 2. The first-order valence-corrected chi connectivity index (χ1v) is 11.2. The number of benzene rings is 2. The lowest BCUT2D eigenvalue weighted by Crippen LogP contribution is -2.17. The average molecular weight is 475 g/mol. The Bertz CT molecular complexity index is 1430. The van der Waals surface area contributed by atoms with E-state index in [1.165, 1.54) is 14.2 Å². The molecule has 0 fully saturated rings. The standard InChI is InChI=1S/C26H22N2O5S/c1-14-19(17-12-8-9-13-18(17)27-21(14)16-10-6-5-7-11-16)23(29)28-24-20(25(30)32-3)15(2)22(34-24)26(31)33-4/h5-13H,1-4H3,(H,28,29).